The van der Waals surface area contributed by atoms with E-state index in [1.54, 1.807) is 18.2 Å². The minimum absolute atomic E-state index is 0.204. The van der Waals surface area contributed by atoms with Crippen LogP contribution in [0.3, 0.4) is 0 Å². The van der Waals surface area contributed by atoms with Gasteiger partial charge in [-0.05, 0) is 12.1 Å². The van der Waals surface area contributed by atoms with Crippen molar-refractivity contribution in [1.82, 2.24) is 10.3 Å². The Morgan fingerprint density at radius 2 is 2.25 bits per heavy atom. The SMILES string of the molecule is C=CCNC1=CC(=O)c2ncccc2C1=O. The lowest BCUT2D eigenvalue weighted by Crippen LogP contribution is -2.27. The number of nitrogens with one attached hydrogen (secondary N) is 1. The second-order valence-corrected chi connectivity index (χ2v) is 3.32. The molecule has 16 heavy (non-hydrogen) atoms. The van der Waals surface area contributed by atoms with Crippen molar-refractivity contribution in [3.63, 3.8) is 0 Å². The fourth-order valence-corrected chi connectivity index (χ4v) is 1.51. The summed E-state index contributed by atoms with van der Waals surface area (Å²) in [7, 11) is 0. The van der Waals surface area contributed by atoms with Crippen molar-refractivity contribution >= 4 is 11.6 Å². The molecule has 0 fully saturated rings. The van der Waals surface area contributed by atoms with E-state index in [0.717, 1.165) is 0 Å². The Kier molecular flexibility index (Phi) is 2.64. The summed E-state index contributed by atoms with van der Waals surface area (Å²) in [5, 5.41) is 2.84. The molecule has 1 N–H and O–H groups in total. The summed E-state index contributed by atoms with van der Waals surface area (Å²) in [6.45, 7) is 3.98. The van der Waals surface area contributed by atoms with E-state index in [2.05, 4.69) is 16.9 Å². The van der Waals surface area contributed by atoms with Crippen LogP contribution in [0, 0.1) is 0 Å². The number of fused-ring (bicyclic) bond motifs is 1. The number of pyridine rings is 1. The lowest BCUT2D eigenvalue weighted by molar-refractivity contribution is 0.0975. The Balaban J connectivity index is 2.39. The van der Waals surface area contributed by atoms with E-state index in [-0.39, 0.29) is 17.3 Å². The van der Waals surface area contributed by atoms with Crippen molar-refractivity contribution in [2.75, 3.05) is 6.54 Å². The lowest BCUT2D eigenvalue weighted by atomic mass is 9.97. The average Bonchev–Trinajstić information content (AvgIpc) is 2.32. The number of aromatic nitrogens is 1. The number of nitrogens with zero attached hydrogens (tertiary/aromatic N) is 1. The van der Waals surface area contributed by atoms with Gasteiger partial charge in [0.1, 0.15) is 5.69 Å². The molecule has 2 rings (SSSR count). The molecule has 0 saturated heterocycles. The first-order valence-electron chi connectivity index (χ1n) is 4.84. The smallest absolute Gasteiger partial charge is 0.211 e. The molecule has 0 saturated carbocycles. The van der Waals surface area contributed by atoms with Gasteiger partial charge in [0.05, 0.1) is 11.3 Å². The van der Waals surface area contributed by atoms with Gasteiger partial charge in [-0.3, -0.25) is 14.6 Å². The minimum Gasteiger partial charge on any atom is -0.378 e. The van der Waals surface area contributed by atoms with Crippen molar-refractivity contribution in [3.05, 3.63) is 54.0 Å². The number of hydrogen-bond donors (Lipinski definition) is 1. The van der Waals surface area contributed by atoms with Crippen LogP contribution in [0.25, 0.3) is 0 Å². The summed E-state index contributed by atoms with van der Waals surface area (Å²) >= 11 is 0. The van der Waals surface area contributed by atoms with Crippen molar-refractivity contribution in [1.29, 1.82) is 0 Å². The molecule has 1 aliphatic rings. The highest BCUT2D eigenvalue weighted by molar-refractivity contribution is 6.23. The maximum absolute atomic E-state index is 11.9. The van der Waals surface area contributed by atoms with Gasteiger partial charge in [-0.15, -0.1) is 6.58 Å². The van der Waals surface area contributed by atoms with E-state index in [1.807, 2.05) is 0 Å². The van der Waals surface area contributed by atoms with Crippen LogP contribution in [0.1, 0.15) is 20.8 Å². The molecule has 1 aromatic heterocycles. The molecule has 1 aliphatic carbocycles. The third-order valence-electron chi connectivity index (χ3n) is 2.24. The summed E-state index contributed by atoms with van der Waals surface area (Å²) in [6, 6.07) is 3.24. The maximum Gasteiger partial charge on any atom is 0.211 e. The van der Waals surface area contributed by atoms with Crippen LogP contribution < -0.4 is 5.32 Å². The fraction of sp³-hybridized carbons (Fsp3) is 0.0833. The number of Topliss-reactive ketones (excluding diaryl/α,β-unsaturated/α-hetero) is 1. The summed E-state index contributed by atoms with van der Waals surface area (Å²) in [5.41, 5.74) is 0.864. The Morgan fingerprint density at radius 1 is 1.44 bits per heavy atom. The molecule has 4 heteroatoms. The first-order chi connectivity index (χ1) is 7.74. The zero-order valence-corrected chi connectivity index (χ0v) is 8.56. The third-order valence-corrected chi connectivity index (χ3v) is 2.24. The van der Waals surface area contributed by atoms with Crippen molar-refractivity contribution < 1.29 is 9.59 Å². The van der Waals surface area contributed by atoms with Gasteiger partial charge in [-0.1, -0.05) is 6.08 Å². The second kappa shape index (κ2) is 4.10. The standard InChI is InChI=1S/C12H10N2O2/c1-2-5-13-9-7-10(15)11-8(12(9)16)4-3-6-14-11/h2-4,6-7,13H,1,5H2. The minimum atomic E-state index is -0.248. The third kappa shape index (κ3) is 1.65. The van der Waals surface area contributed by atoms with Crippen LogP contribution in [0.15, 0.2) is 42.8 Å². The monoisotopic (exact) mass is 214 g/mol. The van der Waals surface area contributed by atoms with Crippen LogP contribution in [0.2, 0.25) is 0 Å². The fourth-order valence-electron chi connectivity index (χ4n) is 1.51. The Labute approximate surface area is 92.7 Å². The topological polar surface area (TPSA) is 59.1 Å². The molecule has 4 nitrogen and oxygen atoms in total. The quantitative estimate of drug-likeness (QED) is 0.766. The van der Waals surface area contributed by atoms with Crippen LogP contribution in [-0.2, 0) is 0 Å². The van der Waals surface area contributed by atoms with Crippen molar-refractivity contribution in [2.45, 2.75) is 0 Å². The van der Waals surface area contributed by atoms with Gasteiger partial charge in [0.25, 0.3) is 0 Å². The van der Waals surface area contributed by atoms with Gasteiger partial charge in [-0.25, -0.2) is 0 Å². The maximum atomic E-state index is 11.9. The predicted octanol–water partition coefficient (Wildman–Crippen LogP) is 1.12. The molecule has 0 aliphatic heterocycles. The Bertz CT molecular complexity index is 503. The number of allylic oxidation sites excluding steroid dienone is 2. The molecular formula is C12H10N2O2. The van der Waals surface area contributed by atoms with Gasteiger partial charge in [-0.2, -0.15) is 0 Å². The van der Waals surface area contributed by atoms with E-state index in [9.17, 15) is 9.59 Å². The van der Waals surface area contributed by atoms with E-state index in [1.165, 1.54) is 12.3 Å². The van der Waals surface area contributed by atoms with Crippen LogP contribution >= 0.6 is 0 Å². The summed E-state index contributed by atoms with van der Waals surface area (Å²) < 4.78 is 0. The van der Waals surface area contributed by atoms with E-state index in [0.29, 0.717) is 17.8 Å². The molecule has 0 unspecified atom stereocenters. The lowest BCUT2D eigenvalue weighted by Gasteiger charge is -2.14. The van der Waals surface area contributed by atoms with Crippen molar-refractivity contribution in [2.24, 2.45) is 0 Å². The molecule has 0 spiro atoms. The van der Waals surface area contributed by atoms with Crippen LogP contribution in [-0.4, -0.2) is 23.1 Å². The highest BCUT2D eigenvalue weighted by atomic mass is 16.1. The van der Waals surface area contributed by atoms with Crippen LogP contribution in [0.5, 0.6) is 0 Å². The van der Waals surface area contributed by atoms with Gasteiger partial charge >= 0.3 is 0 Å². The number of carbonyl (C=O) groups excluding carboxylic acids is 2. The molecule has 0 radical (unpaired) electrons. The van der Waals surface area contributed by atoms with Gasteiger partial charge < -0.3 is 5.32 Å². The van der Waals surface area contributed by atoms with Gasteiger partial charge in [0, 0.05) is 18.8 Å². The molecule has 0 amide bonds. The zero-order chi connectivity index (χ0) is 11.5. The second-order valence-electron chi connectivity index (χ2n) is 3.32. The van der Waals surface area contributed by atoms with E-state index >= 15 is 0 Å². The summed E-state index contributed by atoms with van der Waals surface area (Å²) in [4.78, 5) is 27.5. The zero-order valence-electron chi connectivity index (χ0n) is 8.56. The molecule has 1 heterocycles. The normalized spacial score (nSPS) is 14.1. The summed E-state index contributed by atoms with van der Waals surface area (Å²) in [6.07, 6.45) is 4.40. The van der Waals surface area contributed by atoms with Crippen molar-refractivity contribution in [3.8, 4) is 0 Å². The van der Waals surface area contributed by atoms with Gasteiger partial charge in [0.2, 0.25) is 11.6 Å². The highest BCUT2D eigenvalue weighted by Gasteiger charge is 2.25. The van der Waals surface area contributed by atoms with E-state index in [4.69, 9.17) is 0 Å². The number of rotatable bonds is 3. The average molecular weight is 214 g/mol. The molecule has 0 atom stereocenters. The molecule has 0 bridgehead atoms. The Hall–Kier alpha value is -2.23. The Morgan fingerprint density at radius 3 is 3.00 bits per heavy atom. The molecular weight excluding hydrogens is 204 g/mol. The first kappa shape index (κ1) is 10.3. The molecule has 80 valence electrons. The first-order valence-corrected chi connectivity index (χ1v) is 4.84. The molecule has 1 aromatic rings. The predicted molar refractivity (Wildman–Crippen MR) is 59.2 cm³/mol. The number of ketones is 2. The van der Waals surface area contributed by atoms with E-state index < -0.39 is 0 Å². The van der Waals surface area contributed by atoms with Gasteiger partial charge in [0.15, 0.2) is 0 Å². The summed E-state index contributed by atoms with van der Waals surface area (Å²) in [5.74, 6) is -0.452. The highest BCUT2D eigenvalue weighted by Crippen LogP contribution is 2.17. The number of hydrogen-bond acceptors (Lipinski definition) is 4. The van der Waals surface area contributed by atoms with Crippen LogP contribution in [0.4, 0.5) is 0 Å². The number of carbonyl (C=O) groups is 2. The molecule has 0 aromatic carbocycles. The largest absolute Gasteiger partial charge is 0.378 e.